The van der Waals surface area contributed by atoms with Gasteiger partial charge in [-0.2, -0.15) is 0 Å². The van der Waals surface area contributed by atoms with Crippen molar-refractivity contribution in [1.82, 2.24) is 4.90 Å². The number of carboxylic acid groups (broad SMARTS) is 1. The third-order valence-electron chi connectivity index (χ3n) is 2.77. The van der Waals surface area contributed by atoms with E-state index in [0.717, 1.165) is 4.90 Å². The van der Waals surface area contributed by atoms with Crippen LogP contribution in [0.25, 0.3) is 0 Å². The second-order valence-corrected chi connectivity index (χ2v) is 4.07. The fraction of sp³-hybridized carbons (Fsp3) is 0.600. The minimum atomic E-state index is -1.17. The predicted octanol–water partition coefficient (Wildman–Crippen LogP) is -1.08. The maximum atomic E-state index is 11.6. The summed E-state index contributed by atoms with van der Waals surface area (Å²) in [5.74, 6) is -2.88. The van der Waals surface area contributed by atoms with Crippen LogP contribution in [0.5, 0.6) is 0 Å². The van der Waals surface area contributed by atoms with Gasteiger partial charge in [-0.25, -0.2) is 4.79 Å². The Labute approximate surface area is 116 Å². The molecule has 0 saturated carbocycles. The van der Waals surface area contributed by atoms with Crippen LogP contribution < -0.4 is 11.5 Å². The van der Waals surface area contributed by atoms with E-state index in [1.54, 1.807) is 0 Å². The van der Waals surface area contributed by atoms with Gasteiger partial charge in [0.05, 0.1) is 5.92 Å². The molecule has 0 spiro atoms. The number of carbonyl (C=O) groups is 3. The molecule has 1 aliphatic heterocycles. The number of nitrogens with two attached hydrogens (primary N) is 2. The summed E-state index contributed by atoms with van der Waals surface area (Å²) in [4.78, 5) is 38.2. The summed E-state index contributed by atoms with van der Waals surface area (Å²) >= 11 is 0. The van der Waals surface area contributed by atoms with Gasteiger partial charge in [-0.3, -0.25) is 19.5 Å². The summed E-state index contributed by atoms with van der Waals surface area (Å²) in [6.07, 6.45) is 0.834. The molecule has 1 fully saturated rings. The molecule has 5 N–H and O–H groups in total. The Morgan fingerprint density at radius 2 is 2.00 bits per heavy atom. The van der Waals surface area contributed by atoms with Gasteiger partial charge in [0.1, 0.15) is 6.04 Å². The monoisotopic (exact) mass is 292 g/mol. The van der Waals surface area contributed by atoms with Crippen LogP contribution >= 0.6 is 12.4 Å². The highest BCUT2D eigenvalue weighted by atomic mass is 35.5. The minimum absolute atomic E-state index is 0. The van der Waals surface area contributed by atoms with Gasteiger partial charge in [0, 0.05) is 13.5 Å². The van der Waals surface area contributed by atoms with Crippen molar-refractivity contribution in [3.8, 4) is 0 Å². The highest BCUT2D eigenvalue weighted by molar-refractivity contribution is 6.07. The number of nitrogens with zero attached hydrogens (tertiary/aromatic N) is 2. The average Bonchev–Trinajstić information content (AvgIpc) is 2.23. The first-order valence-electron chi connectivity index (χ1n) is 5.48. The minimum Gasteiger partial charge on any atom is -0.480 e. The van der Waals surface area contributed by atoms with E-state index in [-0.39, 0.29) is 18.4 Å². The molecule has 0 bridgehead atoms. The smallest absolute Gasteiger partial charge is 0.327 e. The van der Waals surface area contributed by atoms with Crippen LogP contribution in [-0.4, -0.2) is 46.3 Å². The van der Waals surface area contributed by atoms with E-state index in [1.165, 1.54) is 6.92 Å². The lowest BCUT2D eigenvalue weighted by atomic mass is 9.83. The third-order valence-corrected chi connectivity index (χ3v) is 2.77. The number of likely N-dealkylation sites (tertiary alicyclic amines) is 1. The standard InChI is InChI=1S/C10H16N4O4.ClH/c1-5(15)14-7(9(17)18)6(8(14)16)3-2-4-13-10(11)12;/h6-7H,2-4H2,1H3,(H,17,18)(H4,11,12,13);1H/t6-,7+;/m1./s1. The fourth-order valence-electron chi connectivity index (χ4n) is 1.98. The van der Waals surface area contributed by atoms with Gasteiger partial charge in [0.15, 0.2) is 5.96 Å². The van der Waals surface area contributed by atoms with E-state index in [9.17, 15) is 14.4 Å². The largest absolute Gasteiger partial charge is 0.480 e. The zero-order valence-corrected chi connectivity index (χ0v) is 11.2. The van der Waals surface area contributed by atoms with Gasteiger partial charge >= 0.3 is 5.97 Å². The number of guanidine groups is 1. The molecular weight excluding hydrogens is 276 g/mol. The Hall–Kier alpha value is -1.83. The summed E-state index contributed by atoms with van der Waals surface area (Å²) in [7, 11) is 0. The molecule has 9 heteroatoms. The molecular formula is C10H17ClN4O4. The van der Waals surface area contributed by atoms with Gasteiger partial charge < -0.3 is 16.6 Å². The predicted molar refractivity (Wildman–Crippen MR) is 69.6 cm³/mol. The van der Waals surface area contributed by atoms with Crippen LogP contribution in [0.3, 0.4) is 0 Å². The van der Waals surface area contributed by atoms with E-state index in [1.807, 2.05) is 0 Å². The lowest BCUT2D eigenvalue weighted by Crippen LogP contribution is -2.65. The Kier molecular flexibility index (Phi) is 6.26. The van der Waals surface area contributed by atoms with Gasteiger partial charge in [-0.1, -0.05) is 0 Å². The Morgan fingerprint density at radius 3 is 2.42 bits per heavy atom. The maximum absolute atomic E-state index is 11.6. The number of carboxylic acids is 1. The summed E-state index contributed by atoms with van der Waals surface area (Å²) in [5, 5.41) is 8.97. The molecule has 0 aromatic rings. The topological polar surface area (TPSA) is 139 Å². The van der Waals surface area contributed by atoms with Gasteiger partial charge in [0.25, 0.3) is 0 Å². The van der Waals surface area contributed by atoms with Crippen molar-refractivity contribution in [3.05, 3.63) is 0 Å². The Morgan fingerprint density at radius 1 is 1.42 bits per heavy atom. The van der Waals surface area contributed by atoms with Crippen LogP contribution in [-0.2, 0) is 14.4 Å². The molecule has 19 heavy (non-hydrogen) atoms. The lowest BCUT2D eigenvalue weighted by Gasteiger charge is -2.42. The number of aliphatic carboxylic acids is 1. The van der Waals surface area contributed by atoms with E-state index in [2.05, 4.69) is 4.99 Å². The van der Waals surface area contributed by atoms with Crippen LogP contribution in [0.1, 0.15) is 19.8 Å². The van der Waals surface area contributed by atoms with E-state index >= 15 is 0 Å². The molecule has 0 radical (unpaired) electrons. The second kappa shape index (κ2) is 6.93. The normalized spacial score (nSPS) is 21.1. The van der Waals surface area contributed by atoms with Crippen LogP contribution in [0.2, 0.25) is 0 Å². The molecule has 0 unspecified atom stereocenters. The Bertz CT molecular complexity index is 408. The van der Waals surface area contributed by atoms with E-state index < -0.39 is 29.7 Å². The number of halogens is 1. The molecule has 0 aromatic carbocycles. The zero-order chi connectivity index (χ0) is 13.9. The number of carbonyl (C=O) groups excluding carboxylic acids is 2. The van der Waals surface area contributed by atoms with E-state index in [4.69, 9.17) is 16.6 Å². The number of aliphatic imine (C=N–C) groups is 1. The van der Waals surface area contributed by atoms with Crippen LogP contribution in [0, 0.1) is 5.92 Å². The van der Waals surface area contributed by atoms with Gasteiger partial charge in [-0.15, -0.1) is 12.4 Å². The molecule has 2 atom stereocenters. The van der Waals surface area contributed by atoms with Crippen molar-refractivity contribution < 1.29 is 19.5 Å². The zero-order valence-electron chi connectivity index (χ0n) is 10.4. The highest BCUT2D eigenvalue weighted by Crippen LogP contribution is 2.30. The average molecular weight is 293 g/mol. The van der Waals surface area contributed by atoms with Crippen molar-refractivity contribution in [2.45, 2.75) is 25.8 Å². The number of β-lactam (4-membered cyclic amide) rings is 1. The van der Waals surface area contributed by atoms with Crippen molar-refractivity contribution in [3.63, 3.8) is 0 Å². The summed E-state index contributed by atoms with van der Waals surface area (Å²) in [5.41, 5.74) is 10.3. The Balaban J connectivity index is 0.00000324. The van der Waals surface area contributed by atoms with Crippen molar-refractivity contribution in [2.75, 3.05) is 6.54 Å². The quantitative estimate of drug-likeness (QED) is 0.255. The molecule has 1 rings (SSSR count). The number of amides is 2. The molecule has 0 aliphatic carbocycles. The first-order valence-corrected chi connectivity index (χ1v) is 5.48. The van der Waals surface area contributed by atoms with Crippen LogP contribution in [0.15, 0.2) is 4.99 Å². The molecule has 1 aliphatic rings. The summed E-state index contributed by atoms with van der Waals surface area (Å²) in [6.45, 7) is 1.50. The van der Waals surface area contributed by atoms with Crippen molar-refractivity contribution >= 4 is 36.2 Å². The molecule has 108 valence electrons. The second-order valence-electron chi connectivity index (χ2n) is 4.07. The number of hydrogen-bond acceptors (Lipinski definition) is 4. The molecule has 8 nitrogen and oxygen atoms in total. The summed E-state index contributed by atoms with van der Waals surface area (Å²) < 4.78 is 0. The van der Waals surface area contributed by atoms with Gasteiger partial charge in [-0.05, 0) is 12.8 Å². The van der Waals surface area contributed by atoms with Crippen LogP contribution in [0.4, 0.5) is 0 Å². The van der Waals surface area contributed by atoms with Crippen molar-refractivity contribution in [2.24, 2.45) is 22.4 Å². The molecule has 1 saturated heterocycles. The third kappa shape index (κ3) is 3.82. The fourth-order valence-corrected chi connectivity index (χ4v) is 1.98. The number of imide groups is 1. The number of hydrogen-bond donors (Lipinski definition) is 3. The number of rotatable bonds is 5. The molecule has 0 aromatic heterocycles. The molecule has 1 heterocycles. The SMILES string of the molecule is CC(=O)N1C(=O)[C@H](CCCN=C(N)N)[C@H]1C(=O)O.Cl. The summed E-state index contributed by atoms with van der Waals surface area (Å²) in [6, 6.07) is -1.06. The molecule has 2 amide bonds. The van der Waals surface area contributed by atoms with E-state index in [0.29, 0.717) is 19.4 Å². The maximum Gasteiger partial charge on any atom is 0.327 e. The first-order chi connectivity index (χ1) is 8.36. The highest BCUT2D eigenvalue weighted by Gasteiger charge is 2.52. The first kappa shape index (κ1) is 17.2. The van der Waals surface area contributed by atoms with Crippen molar-refractivity contribution in [1.29, 1.82) is 0 Å². The van der Waals surface area contributed by atoms with Gasteiger partial charge in [0.2, 0.25) is 11.8 Å². The lowest BCUT2D eigenvalue weighted by molar-refractivity contribution is -0.176.